The van der Waals surface area contributed by atoms with E-state index in [9.17, 15) is 18.0 Å². The molecule has 0 spiro atoms. The Labute approximate surface area is 105 Å². The molecule has 0 aromatic heterocycles. The molecule has 0 fully saturated rings. The highest BCUT2D eigenvalue weighted by molar-refractivity contribution is 6.83. The summed E-state index contributed by atoms with van der Waals surface area (Å²) >= 11 is 0. The molecule has 0 aliphatic carbocycles. The molecule has 0 N–H and O–H groups in total. The maximum Gasteiger partial charge on any atom is 0.454 e. The minimum Gasteiger partial charge on any atom is -0.284 e. The molecule has 1 aromatic rings. The van der Waals surface area contributed by atoms with Crippen molar-refractivity contribution in [3.63, 3.8) is 0 Å². The van der Waals surface area contributed by atoms with Crippen LogP contribution in [0.5, 0.6) is 0 Å². The van der Waals surface area contributed by atoms with Crippen molar-refractivity contribution in [1.29, 1.82) is 0 Å². The van der Waals surface area contributed by atoms with E-state index < -0.39 is 20.0 Å². The summed E-state index contributed by atoms with van der Waals surface area (Å²) in [6, 6.07) is 5.19. The second-order valence-electron chi connectivity index (χ2n) is 4.90. The first-order valence-corrected chi connectivity index (χ1v) is 8.84. The molecule has 0 unspecified atom stereocenters. The monoisotopic (exact) mass is 270 g/mol. The van der Waals surface area contributed by atoms with Crippen LogP contribution < -0.4 is 0 Å². The van der Waals surface area contributed by atoms with E-state index in [1.54, 1.807) is 0 Å². The summed E-state index contributed by atoms with van der Waals surface area (Å²) in [6.07, 6.45) is -4.83. The summed E-state index contributed by atoms with van der Waals surface area (Å²) in [7, 11) is -1.51. The lowest BCUT2D eigenvalue weighted by Gasteiger charge is -2.05. The number of hydrogen-bond acceptors (Lipinski definition) is 1. The molecule has 0 radical (unpaired) electrons. The highest BCUT2D eigenvalue weighted by Gasteiger charge is 2.39. The van der Waals surface area contributed by atoms with Gasteiger partial charge in [0.15, 0.2) is 0 Å². The van der Waals surface area contributed by atoms with Gasteiger partial charge in [0.2, 0.25) is 0 Å². The Morgan fingerprint density at radius 2 is 1.61 bits per heavy atom. The van der Waals surface area contributed by atoms with E-state index in [0.717, 1.165) is 12.1 Å². The van der Waals surface area contributed by atoms with E-state index in [1.807, 2.05) is 0 Å². The smallest absolute Gasteiger partial charge is 0.284 e. The fourth-order valence-corrected chi connectivity index (χ4v) is 1.65. The molecule has 0 aliphatic rings. The maximum atomic E-state index is 12.2. The third-order valence-corrected chi connectivity index (χ3v) is 2.86. The molecule has 0 heterocycles. The first-order valence-electron chi connectivity index (χ1n) is 5.34. The maximum absolute atomic E-state index is 12.2. The number of carbonyl (C=O) groups is 1. The SMILES string of the molecule is C[Si](C)(C)C#Cc1ccc(C(=O)C(F)(F)F)cc1. The van der Waals surface area contributed by atoms with Gasteiger partial charge in [0.1, 0.15) is 8.07 Å². The quantitative estimate of drug-likeness (QED) is 0.432. The fraction of sp³-hybridized carbons (Fsp3) is 0.308. The Balaban J connectivity index is 2.93. The molecule has 0 aliphatic heterocycles. The second-order valence-corrected chi connectivity index (χ2v) is 9.65. The number of halogens is 3. The molecule has 0 saturated heterocycles. The van der Waals surface area contributed by atoms with Crippen LogP contribution in [0, 0.1) is 11.5 Å². The Morgan fingerprint density at radius 1 is 1.11 bits per heavy atom. The van der Waals surface area contributed by atoms with Crippen LogP contribution in [0.1, 0.15) is 15.9 Å². The van der Waals surface area contributed by atoms with Gasteiger partial charge in [0.05, 0.1) is 0 Å². The molecule has 0 bridgehead atoms. The van der Waals surface area contributed by atoms with Crippen LogP contribution in [0.4, 0.5) is 13.2 Å². The number of Topliss-reactive ketones (excluding diaryl/α,β-unsaturated/α-hetero) is 1. The first kappa shape index (κ1) is 14.5. The third-order valence-electron chi connectivity index (χ3n) is 1.99. The standard InChI is InChI=1S/C13H13F3OSi/c1-18(2,3)9-8-10-4-6-11(7-5-10)12(17)13(14,15)16/h4-7H,1-3H3. The van der Waals surface area contributed by atoms with Crippen molar-refractivity contribution in [3.8, 4) is 11.5 Å². The number of benzene rings is 1. The average Bonchev–Trinajstić information content (AvgIpc) is 2.24. The average molecular weight is 270 g/mol. The summed E-state index contributed by atoms with van der Waals surface area (Å²) in [5.41, 5.74) is 3.36. The highest BCUT2D eigenvalue weighted by atomic mass is 28.3. The fourth-order valence-electron chi connectivity index (χ4n) is 1.13. The number of ketones is 1. The Morgan fingerprint density at radius 3 is 2.00 bits per heavy atom. The summed E-state index contributed by atoms with van der Waals surface area (Å²) in [6.45, 7) is 6.21. The van der Waals surface area contributed by atoms with Crippen molar-refractivity contribution in [2.45, 2.75) is 25.8 Å². The molecule has 96 valence electrons. The molecule has 1 rings (SSSR count). The lowest BCUT2D eigenvalue weighted by Crippen LogP contribution is -2.22. The second kappa shape index (κ2) is 4.98. The topological polar surface area (TPSA) is 17.1 Å². The van der Waals surface area contributed by atoms with Gasteiger partial charge in [-0.3, -0.25) is 4.79 Å². The molecule has 0 saturated carbocycles. The molecular formula is C13H13F3OSi. The Bertz CT molecular complexity index is 498. The van der Waals surface area contributed by atoms with Crippen molar-refractivity contribution in [3.05, 3.63) is 35.4 Å². The van der Waals surface area contributed by atoms with E-state index >= 15 is 0 Å². The number of carbonyl (C=O) groups excluding carboxylic acids is 1. The predicted octanol–water partition coefficient (Wildman–Crippen LogP) is 3.66. The predicted molar refractivity (Wildman–Crippen MR) is 67.1 cm³/mol. The summed E-state index contributed by atoms with van der Waals surface area (Å²) in [4.78, 5) is 10.9. The zero-order chi connectivity index (χ0) is 14.0. The van der Waals surface area contributed by atoms with E-state index in [1.165, 1.54) is 12.1 Å². The van der Waals surface area contributed by atoms with Crippen molar-refractivity contribution < 1.29 is 18.0 Å². The van der Waals surface area contributed by atoms with Gasteiger partial charge in [-0.05, 0) is 24.3 Å². The minimum absolute atomic E-state index is 0.360. The zero-order valence-corrected chi connectivity index (χ0v) is 11.4. The van der Waals surface area contributed by atoms with Crippen LogP contribution in [0.2, 0.25) is 19.6 Å². The van der Waals surface area contributed by atoms with Gasteiger partial charge in [-0.2, -0.15) is 13.2 Å². The molecule has 1 aromatic carbocycles. The normalized spacial score (nSPS) is 11.7. The van der Waals surface area contributed by atoms with Crippen LogP contribution >= 0.6 is 0 Å². The van der Waals surface area contributed by atoms with Gasteiger partial charge in [-0.25, -0.2) is 0 Å². The van der Waals surface area contributed by atoms with E-state index in [4.69, 9.17) is 0 Å². The molecule has 5 heteroatoms. The highest BCUT2D eigenvalue weighted by Crippen LogP contribution is 2.21. The van der Waals surface area contributed by atoms with E-state index in [2.05, 4.69) is 31.1 Å². The number of rotatable bonds is 1. The molecule has 1 nitrogen and oxygen atoms in total. The Kier molecular flexibility index (Phi) is 4.02. The molecule has 0 amide bonds. The van der Waals surface area contributed by atoms with Gasteiger partial charge in [-0.15, -0.1) is 5.54 Å². The van der Waals surface area contributed by atoms with Gasteiger partial charge in [0.25, 0.3) is 5.78 Å². The van der Waals surface area contributed by atoms with Crippen molar-refractivity contribution in [2.24, 2.45) is 0 Å². The van der Waals surface area contributed by atoms with E-state index in [-0.39, 0.29) is 5.56 Å². The summed E-state index contributed by atoms with van der Waals surface area (Å²) in [5.74, 6) is 1.08. The number of alkyl halides is 3. The van der Waals surface area contributed by atoms with Gasteiger partial charge in [0, 0.05) is 11.1 Å². The summed E-state index contributed by atoms with van der Waals surface area (Å²) in [5, 5.41) is 0. The largest absolute Gasteiger partial charge is 0.454 e. The van der Waals surface area contributed by atoms with Crippen molar-refractivity contribution in [2.75, 3.05) is 0 Å². The van der Waals surface area contributed by atoms with Crippen LogP contribution in [0.3, 0.4) is 0 Å². The molecular weight excluding hydrogens is 257 g/mol. The van der Waals surface area contributed by atoms with Gasteiger partial charge < -0.3 is 0 Å². The zero-order valence-electron chi connectivity index (χ0n) is 10.4. The first-order chi connectivity index (χ1) is 8.09. The van der Waals surface area contributed by atoms with Crippen molar-refractivity contribution >= 4 is 13.9 Å². The number of hydrogen-bond donors (Lipinski definition) is 0. The molecule has 0 atom stereocenters. The van der Waals surface area contributed by atoms with Crippen LogP contribution in [-0.2, 0) is 0 Å². The van der Waals surface area contributed by atoms with Gasteiger partial charge >= 0.3 is 6.18 Å². The lowest BCUT2D eigenvalue weighted by atomic mass is 10.1. The van der Waals surface area contributed by atoms with E-state index in [0.29, 0.717) is 5.56 Å². The summed E-state index contributed by atoms with van der Waals surface area (Å²) < 4.78 is 36.5. The van der Waals surface area contributed by atoms with Crippen LogP contribution in [-0.4, -0.2) is 20.0 Å². The van der Waals surface area contributed by atoms with Gasteiger partial charge in [-0.1, -0.05) is 25.6 Å². The van der Waals surface area contributed by atoms with Crippen LogP contribution in [0.15, 0.2) is 24.3 Å². The third kappa shape index (κ3) is 4.38. The lowest BCUT2D eigenvalue weighted by molar-refractivity contribution is -0.0885. The Hall–Kier alpha value is -1.54. The van der Waals surface area contributed by atoms with Crippen molar-refractivity contribution in [1.82, 2.24) is 0 Å². The van der Waals surface area contributed by atoms with Crippen LogP contribution in [0.25, 0.3) is 0 Å². The minimum atomic E-state index is -4.83. The molecule has 18 heavy (non-hydrogen) atoms.